The number of benzene rings is 3. The molecule has 0 heterocycles. The largest absolute Gasteiger partial charge is 0.493 e. The fraction of sp³-hybridized carbons (Fsp3) is 0.310. The SMILES string of the molecule is COc1c(C)c(C)c(N(C2C=CCCC2)S(=O)(=O)c2ccc(C)cc2)c(Br)c1OCc1ccccc1. The van der Waals surface area contributed by atoms with Crippen LogP contribution in [0.3, 0.4) is 0 Å². The first-order valence-electron chi connectivity index (χ1n) is 12.1. The zero-order chi connectivity index (χ0) is 25.9. The molecule has 1 aliphatic carbocycles. The molecule has 3 aromatic rings. The Morgan fingerprint density at radius 1 is 0.972 bits per heavy atom. The summed E-state index contributed by atoms with van der Waals surface area (Å²) in [5.41, 5.74) is 4.24. The standard InChI is InChI=1S/C29H32BrNO4S/c1-20-15-17-25(18-16-20)36(32,33)31(24-13-9-6-10-14-24)27-21(2)22(3)28(34-4)29(26(27)30)35-19-23-11-7-5-8-12-23/h5,7-9,11-13,15-18,24H,6,10,14,19H2,1-4H3. The molecule has 0 aliphatic heterocycles. The predicted octanol–water partition coefficient (Wildman–Crippen LogP) is 7.27. The Morgan fingerprint density at radius 3 is 2.28 bits per heavy atom. The highest BCUT2D eigenvalue weighted by molar-refractivity contribution is 9.10. The van der Waals surface area contributed by atoms with Crippen molar-refractivity contribution in [2.45, 2.75) is 57.6 Å². The maximum Gasteiger partial charge on any atom is 0.264 e. The van der Waals surface area contributed by atoms with Crippen LogP contribution in [0.2, 0.25) is 0 Å². The maximum absolute atomic E-state index is 14.2. The summed E-state index contributed by atoms with van der Waals surface area (Å²) in [5, 5.41) is 0. The molecule has 1 aliphatic rings. The van der Waals surface area contributed by atoms with E-state index in [2.05, 4.69) is 22.0 Å². The van der Waals surface area contributed by atoms with Gasteiger partial charge in [-0.05, 0) is 84.8 Å². The van der Waals surface area contributed by atoms with Gasteiger partial charge in [0.25, 0.3) is 10.0 Å². The van der Waals surface area contributed by atoms with Gasteiger partial charge in [0, 0.05) is 0 Å². The summed E-state index contributed by atoms with van der Waals surface area (Å²) in [6.45, 7) is 6.14. The molecule has 1 unspecified atom stereocenters. The molecule has 0 spiro atoms. The second kappa shape index (κ2) is 11.1. The van der Waals surface area contributed by atoms with Crippen LogP contribution in [0.25, 0.3) is 0 Å². The molecule has 0 aromatic heterocycles. The van der Waals surface area contributed by atoms with E-state index in [1.807, 2.05) is 69.3 Å². The molecular weight excluding hydrogens is 538 g/mol. The van der Waals surface area contributed by atoms with Crippen molar-refractivity contribution in [1.82, 2.24) is 0 Å². The van der Waals surface area contributed by atoms with Crippen LogP contribution in [0.5, 0.6) is 11.5 Å². The normalized spacial score (nSPS) is 15.5. The molecular formula is C29H32BrNO4S. The molecule has 0 bridgehead atoms. The van der Waals surface area contributed by atoms with Crippen molar-refractivity contribution in [3.63, 3.8) is 0 Å². The number of ether oxygens (including phenoxy) is 2. The molecule has 190 valence electrons. The van der Waals surface area contributed by atoms with Crippen LogP contribution in [0.4, 0.5) is 5.69 Å². The van der Waals surface area contributed by atoms with Crippen LogP contribution < -0.4 is 13.8 Å². The summed E-state index contributed by atoms with van der Waals surface area (Å²) in [5.74, 6) is 1.08. The van der Waals surface area contributed by atoms with Gasteiger partial charge in [-0.1, -0.05) is 60.2 Å². The molecule has 0 fully saturated rings. The predicted molar refractivity (Wildman–Crippen MR) is 149 cm³/mol. The van der Waals surface area contributed by atoms with Crippen LogP contribution in [0.1, 0.15) is 41.5 Å². The van der Waals surface area contributed by atoms with Gasteiger partial charge in [-0.2, -0.15) is 0 Å². The van der Waals surface area contributed by atoms with Gasteiger partial charge in [0.05, 0.1) is 28.2 Å². The van der Waals surface area contributed by atoms with Gasteiger partial charge in [0.15, 0.2) is 11.5 Å². The molecule has 0 amide bonds. The van der Waals surface area contributed by atoms with E-state index >= 15 is 0 Å². The summed E-state index contributed by atoms with van der Waals surface area (Å²) in [7, 11) is -2.27. The van der Waals surface area contributed by atoms with Crippen LogP contribution >= 0.6 is 15.9 Å². The van der Waals surface area contributed by atoms with Gasteiger partial charge in [0.1, 0.15) is 6.61 Å². The number of nitrogens with zero attached hydrogens (tertiary/aromatic N) is 1. The molecule has 0 saturated heterocycles. The average Bonchev–Trinajstić information content (AvgIpc) is 2.89. The number of anilines is 1. The number of allylic oxidation sites excluding steroid dienone is 1. The molecule has 5 nitrogen and oxygen atoms in total. The third-order valence-corrected chi connectivity index (χ3v) is 9.21. The molecule has 0 saturated carbocycles. The first-order valence-corrected chi connectivity index (χ1v) is 14.3. The minimum Gasteiger partial charge on any atom is -0.493 e. The lowest BCUT2D eigenvalue weighted by molar-refractivity contribution is 0.281. The van der Waals surface area contributed by atoms with Crippen molar-refractivity contribution in [2.75, 3.05) is 11.4 Å². The van der Waals surface area contributed by atoms with Gasteiger partial charge < -0.3 is 9.47 Å². The summed E-state index contributed by atoms with van der Waals surface area (Å²) in [6, 6.07) is 16.6. The third kappa shape index (κ3) is 5.18. The third-order valence-electron chi connectivity index (χ3n) is 6.63. The smallest absolute Gasteiger partial charge is 0.264 e. The van der Waals surface area contributed by atoms with Crippen LogP contribution in [-0.4, -0.2) is 21.6 Å². The van der Waals surface area contributed by atoms with E-state index in [-0.39, 0.29) is 10.9 Å². The van der Waals surface area contributed by atoms with Gasteiger partial charge in [-0.25, -0.2) is 8.42 Å². The zero-order valence-electron chi connectivity index (χ0n) is 21.1. The van der Waals surface area contributed by atoms with E-state index in [1.54, 1.807) is 23.5 Å². The lowest BCUT2D eigenvalue weighted by atomic mass is 10.0. The fourth-order valence-corrected chi connectivity index (χ4v) is 7.14. The quantitative estimate of drug-likeness (QED) is 0.268. The summed E-state index contributed by atoms with van der Waals surface area (Å²) >= 11 is 3.74. The second-order valence-corrected chi connectivity index (χ2v) is 11.7. The van der Waals surface area contributed by atoms with Crippen molar-refractivity contribution >= 4 is 31.6 Å². The van der Waals surface area contributed by atoms with Crippen molar-refractivity contribution in [2.24, 2.45) is 0 Å². The van der Waals surface area contributed by atoms with E-state index in [9.17, 15) is 8.42 Å². The highest BCUT2D eigenvalue weighted by atomic mass is 79.9. The topological polar surface area (TPSA) is 55.8 Å². The molecule has 1 atom stereocenters. The highest BCUT2D eigenvalue weighted by Crippen LogP contribution is 2.49. The number of halogens is 1. The van der Waals surface area contributed by atoms with Crippen molar-refractivity contribution in [3.8, 4) is 11.5 Å². The van der Waals surface area contributed by atoms with Gasteiger partial charge >= 0.3 is 0 Å². The first kappa shape index (κ1) is 26.3. The van der Waals surface area contributed by atoms with Gasteiger partial charge in [0.2, 0.25) is 0 Å². The van der Waals surface area contributed by atoms with E-state index in [0.717, 1.165) is 41.5 Å². The van der Waals surface area contributed by atoms with Crippen molar-refractivity contribution in [1.29, 1.82) is 0 Å². The highest BCUT2D eigenvalue weighted by Gasteiger charge is 2.36. The lowest BCUT2D eigenvalue weighted by Gasteiger charge is -2.35. The Hall–Kier alpha value is -2.77. The average molecular weight is 571 g/mol. The Bertz CT molecular complexity index is 1350. The fourth-order valence-electron chi connectivity index (χ4n) is 4.53. The Kier molecular flexibility index (Phi) is 8.10. The van der Waals surface area contributed by atoms with Crippen LogP contribution in [0.15, 0.2) is 76.1 Å². The number of hydrogen-bond donors (Lipinski definition) is 0. The minimum atomic E-state index is -3.88. The Balaban J connectivity index is 1.90. The Morgan fingerprint density at radius 2 is 1.67 bits per heavy atom. The second-order valence-electron chi connectivity index (χ2n) is 9.09. The summed E-state index contributed by atoms with van der Waals surface area (Å²) in [6.07, 6.45) is 6.68. The summed E-state index contributed by atoms with van der Waals surface area (Å²) in [4.78, 5) is 0.263. The molecule has 36 heavy (non-hydrogen) atoms. The van der Waals surface area contributed by atoms with E-state index in [4.69, 9.17) is 9.47 Å². The molecule has 4 rings (SSSR count). The van der Waals surface area contributed by atoms with E-state index < -0.39 is 10.0 Å². The maximum atomic E-state index is 14.2. The summed E-state index contributed by atoms with van der Waals surface area (Å²) < 4.78 is 42.6. The number of hydrogen-bond acceptors (Lipinski definition) is 4. The lowest BCUT2D eigenvalue weighted by Crippen LogP contribution is -2.41. The van der Waals surface area contributed by atoms with Crippen molar-refractivity contribution < 1.29 is 17.9 Å². The Labute approximate surface area is 222 Å². The van der Waals surface area contributed by atoms with Gasteiger partial charge in [-0.15, -0.1) is 0 Å². The van der Waals surface area contributed by atoms with Crippen LogP contribution in [-0.2, 0) is 16.6 Å². The van der Waals surface area contributed by atoms with Crippen molar-refractivity contribution in [3.05, 3.63) is 93.5 Å². The number of methoxy groups -OCH3 is 1. The molecule has 7 heteroatoms. The monoisotopic (exact) mass is 569 g/mol. The zero-order valence-corrected chi connectivity index (χ0v) is 23.5. The molecule has 0 radical (unpaired) electrons. The van der Waals surface area contributed by atoms with Gasteiger partial charge in [-0.3, -0.25) is 4.31 Å². The molecule has 0 N–H and O–H groups in total. The minimum absolute atomic E-state index is 0.263. The van der Waals surface area contributed by atoms with Crippen LogP contribution in [0, 0.1) is 20.8 Å². The molecule has 3 aromatic carbocycles. The number of rotatable bonds is 8. The number of aryl methyl sites for hydroxylation is 1. The first-order chi connectivity index (χ1) is 17.3. The number of sulfonamides is 1. The van der Waals surface area contributed by atoms with E-state index in [0.29, 0.717) is 28.3 Å². The van der Waals surface area contributed by atoms with E-state index in [1.165, 1.54) is 0 Å².